The van der Waals surface area contributed by atoms with Gasteiger partial charge in [0, 0.05) is 0 Å². The molecule has 0 spiro atoms. The van der Waals surface area contributed by atoms with Gasteiger partial charge in [-0.05, 0) is 30.6 Å². The Balaban J connectivity index is 1.86. The van der Waals surface area contributed by atoms with Crippen LogP contribution in [0.25, 0.3) is 0 Å². The molecule has 2 saturated carbocycles. The van der Waals surface area contributed by atoms with E-state index < -0.39 is 0 Å². The van der Waals surface area contributed by atoms with Crippen molar-refractivity contribution in [3.63, 3.8) is 0 Å². The summed E-state index contributed by atoms with van der Waals surface area (Å²) in [6, 6.07) is 0. The first kappa shape index (κ1) is 11.5. The van der Waals surface area contributed by atoms with Crippen LogP contribution in [0.2, 0.25) is 0 Å². The van der Waals surface area contributed by atoms with Crippen LogP contribution in [-0.2, 0) is 0 Å². The highest BCUT2D eigenvalue weighted by Gasteiger charge is 2.32. The average molecular weight is 208 g/mol. The fourth-order valence-corrected chi connectivity index (χ4v) is 3.90. The van der Waals surface area contributed by atoms with E-state index in [1.807, 2.05) is 0 Å². The van der Waals surface area contributed by atoms with Crippen molar-refractivity contribution < 1.29 is 0 Å². The van der Waals surface area contributed by atoms with Gasteiger partial charge in [-0.25, -0.2) is 0 Å². The standard InChI is InChI=1S/C15H28/c1-2-13-11-14-9-7-5-3-4-6-8-10-15(14)12-13/h13-15H,2-12H2,1H3. The second kappa shape index (κ2) is 5.92. The Bertz CT molecular complexity index is 155. The van der Waals surface area contributed by atoms with Gasteiger partial charge in [0.2, 0.25) is 0 Å². The van der Waals surface area contributed by atoms with Gasteiger partial charge >= 0.3 is 0 Å². The molecule has 2 aliphatic rings. The molecule has 0 aromatic carbocycles. The zero-order chi connectivity index (χ0) is 10.5. The van der Waals surface area contributed by atoms with Crippen molar-refractivity contribution in [2.45, 2.75) is 77.6 Å². The van der Waals surface area contributed by atoms with Gasteiger partial charge in [0.05, 0.1) is 0 Å². The normalized spacial score (nSPS) is 38.6. The maximum atomic E-state index is 2.39. The molecule has 0 radical (unpaired) electrons. The summed E-state index contributed by atoms with van der Waals surface area (Å²) < 4.78 is 0. The summed E-state index contributed by atoms with van der Waals surface area (Å²) in [5.74, 6) is 3.32. The molecule has 0 N–H and O–H groups in total. The first-order chi connectivity index (χ1) is 7.40. The Kier molecular flexibility index (Phi) is 4.53. The van der Waals surface area contributed by atoms with Gasteiger partial charge in [0.15, 0.2) is 0 Å². The highest BCUT2D eigenvalue weighted by molar-refractivity contribution is 4.83. The molecule has 2 atom stereocenters. The van der Waals surface area contributed by atoms with Gasteiger partial charge in [-0.1, -0.05) is 64.7 Å². The minimum atomic E-state index is 1.08. The molecule has 88 valence electrons. The maximum Gasteiger partial charge on any atom is -0.0383 e. The van der Waals surface area contributed by atoms with Crippen molar-refractivity contribution in [3.05, 3.63) is 0 Å². The fraction of sp³-hybridized carbons (Fsp3) is 1.00. The third-order valence-electron chi connectivity index (χ3n) is 4.92. The Morgan fingerprint density at radius 3 is 1.67 bits per heavy atom. The van der Waals surface area contributed by atoms with E-state index in [2.05, 4.69) is 6.92 Å². The fourth-order valence-electron chi connectivity index (χ4n) is 3.90. The lowest BCUT2D eigenvalue weighted by Crippen LogP contribution is -2.08. The molecule has 0 aromatic heterocycles. The Morgan fingerprint density at radius 1 is 0.733 bits per heavy atom. The first-order valence-electron chi connectivity index (χ1n) is 7.40. The van der Waals surface area contributed by atoms with Gasteiger partial charge in [-0.2, -0.15) is 0 Å². The molecule has 0 aromatic rings. The van der Waals surface area contributed by atoms with Crippen LogP contribution in [-0.4, -0.2) is 0 Å². The summed E-state index contributed by atoms with van der Waals surface area (Å²) in [5.41, 5.74) is 0. The largest absolute Gasteiger partial charge is 0.0651 e. The van der Waals surface area contributed by atoms with Crippen LogP contribution in [0.5, 0.6) is 0 Å². The second-order valence-corrected chi connectivity index (χ2v) is 5.96. The van der Waals surface area contributed by atoms with Crippen LogP contribution >= 0.6 is 0 Å². The van der Waals surface area contributed by atoms with Crippen LogP contribution in [0.15, 0.2) is 0 Å². The minimum absolute atomic E-state index is 1.08. The molecule has 2 aliphatic carbocycles. The molecular weight excluding hydrogens is 180 g/mol. The minimum Gasteiger partial charge on any atom is -0.0651 e. The summed E-state index contributed by atoms with van der Waals surface area (Å²) >= 11 is 0. The molecule has 0 nitrogen and oxygen atoms in total. The lowest BCUT2D eigenvalue weighted by molar-refractivity contribution is 0.313. The van der Waals surface area contributed by atoms with E-state index in [0.717, 1.165) is 17.8 Å². The predicted molar refractivity (Wildman–Crippen MR) is 66.9 cm³/mol. The molecular formula is C15H28. The second-order valence-electron chi connectivity index (χ2n) is 5.96. The van der Waals surface area contributed by atoms with Crippen molar-refractivity contribution >= 4 is 0 Å². The van der Waals surface area contributed by atoms with Crippen molar-refractivity contribution in [1.82, 2.24) is 0 Å². The first-order valence-corrected chi connectivity index (χ1v) is 7.40. The van der Waals surface area contributed by atoms with Gasteiger partial charge < -0.3 is 0 Å². The van der Waals surface area contributed by atoms with E-state index in [4.69, 9.17) is 0 Å². The molecule has 15 heavy (non-hydrogen) atoms. The van der Waals surface area contributed by atoms with Gasteiger partial charge in [0.25, 0.3) is 0 Å². The highest BCUT2D eigenvalue weighted by atomic mass is 14.4. The lowest BCUT2D eigenvalue weighted by atomic mass is 9.85. The van der Waals surface area contributed by atoms with E-state index in [1.165, 1.54) is 44.9 Å². The summed E-state index contributed by atoms with van der Waals surface area (Å²) in [4.78, 5) is 0. The summed E-state index contributed by atoms with van der Waals surface area (Å²) in [6.07, 6.45) is 16.8. The Hall–Kier alpha value is 0. The smallest absolute Gasteiger partial charge is 0.0383 e. The van der Waals surface area contributed by atoms with Gasteiger partial charge in [0.1, 0.15) is 0 Å². The monoisotopic (exact) mass is 208 g/mol. The third-order valence-corrected chi connectivity index (χ3v) is 4.92. The maximum absolute atomic E-state index is 2.39. The zero-order valence-corrected chi connectivity index (χ0v) is 10.5. The molecule has 2 fully saturated rings. The van der Waals surface area contributed by atoms with Crippen LogP contribution in [0.4, 0.5) is 0 Å². The van der Waals surface area contributed by atoms with Crippen LogP contribution in [0.1, 0.15) is 77.6 Å². The van der Waals surface area contributed by atoms with Crippen molar-refractivity contribution in [2.75, 3.05) is 0 Å². The lowest BCUT2D eigenvalue weighted by Gasteiger charge is -2.20. The number of hydrogen-bond donors (Lipinski definition) is 0. The molecule has 0 aliphatic heterocycles. The van der Waals surface area contributed by atoms with Crippen LogP contribution in [0, 0.1) is 17.8 Å². The molecule has 0 saturated heterocycles. The quantitative estimate of drug-likeness (QED) is 0.557. The van der Waals surface area contributed by atoms with Crippen LogP contribution in [0.3, 0.4) is 0 Å². The summed E-state index contributed by atoms with van der Waals surface area (Å²) in [6.45, 7) is 2.39. The molecule has 2 unspecified atom stereocenters. The van der Waals surface area contributed by atoms with E-state index in [1.54, 1.807) is 25.7 Å². The molecule has 0 bridgehead atoms. The number of fused-ring (bicyclic) bond motifs is 1. The summed E-state index contributed by atoms with van der Waals surface area (Å²) in [7, 11) is 0. The van der Waals surface area contributed by atoms with E-state index in [0.29, 0.717) is 0 Å². The van der Waals surface area contributed by atoms with Gasteiger partial charge in [-0.15, -0.1) is 0 Å². The zero-order valence-electron chi connectivity index (χ0n) is 10.5. The van der Waals surface area contributed by atoms with E-state index in [-0.39, 0.29) is 0 Å². The Morgan fingerprint density at radius 2 is 1.20 bits per heavy atom. The third kappa shape index (κ3) is 3.23. The molecule has 0 heteroatoms. The average Bonchev–Trinajstić information content (AvgIpc) is 2.66. The molecule has 0 amide bonds. The number of hydrogen-bond acceptors (Lipinski definition) is 0. The highest BCUT2D eigenvalue weighted by Crippen LogP contribution is 2.43. The van der Waals surface area contributed by atoms with Crippen LogP contribution < -0.4 is 0 Å². The SMILES string of the molecule is CCC1CC2CCCCCCCCC2C1. The Labute approximate surface area is 95.8 Å². The van der Waals surface area contributed by atoms with E-state index >= 15 is 0 Å². The molecule has 2 rings (SSSR count). The molecule has 0 heterocycles. The summed E-state index contributed by atoms with van der Waals surface area (Å²) in [5, 5.41) is 0. The van der Waals surface area contributed by atoms with Crippen molar-refractivity contribution in [1.29, 1.82) is 0 Å². The van der Waals surface area contributed by atoms with Crippen molar-refractivity contribution in [3.8, 4) is 0 Å². The van der Waals surface area contributed by atoms with E-state index in [9.17, 15) is 0 Å². The predicted octanol–water partition coefficient (Wildman–Crippen LogP) is 5.17. The van der Waals surface area contributed by atoms with Gasteiger partial charge in [-0.3, -0.25) is 0 Å². The van der Waals surface area contributed by atoms with Crippen molar-refractivity contribution in [2.24, 2.45) is 17.8 Å². The topological polar surface area (TPSA) is 0 Å². The number of rotatable bonds is 1.